The van der Waals surface area contributed by atoms with Crippen LogP contribution < -0.4 is 4.74 Å². The van der Waals surface area contributed by atoms with E-state index in [4.69, 9.17) is 4.74 Å². The molecule has 1 aromatic carbocycles. The number of aliphatic hydroxyl groups is 1. The smallest absolute Gasteiger partial charge is 0.416 e. The Labute approximate surface area is 160 Å². The average Bonchev–Trinajstić information content (AvgIpc) is 3.04. The van der Waals surface area contributed by atoms with Crippen molar-refractivity contribution in [2.24, 2.45) is 0 Å². The van der Waals surface area contributed by atoms with Gasteiger partial charge >= 0.3 is 6.18 Å². The van der Waals surface area contributed by atoms with Crippen LogP contribution >= 0.6 is 0 Å². The lowest BCUT2D eigenvalue weighted by molar-refractivity contribution is -0.137. The summed E-state index contributed by atoms with van der Waals surface area (Å²) in [5.41, 5.74) is 1.03. The summed E-state index contributed by atoms with van der Waals surface area (Å²) >= 11 is 0. The van der Waals surface area contributed by atoms with E-state index in [0.717, 1.165) is 12.1 Å². The first-order valence-corrected chi connectivity index (χ1v) is 8.76. The van der Waals surface area contributed by atoms with Crippen molar-refractivity contribution in [3.63, 3.8) is 0 Å². The van der Waals surface area contributed by atoms with Crippen LogP contribution in [0.15, 0.2) is 24.3 Å². The van der Waals surface area contributed by atoms with Crippen LogP contribution in [0.1, 0.15) is 48.5 Å². The number of fused-ring (bicyclic) bond motifs is 1. The van der Waals surface area contributed by atoms with E-state index in [1.807, 2.05) is 13.8 Å². The van der Waals surface area contributed by atoms with E-state index >= 15 is 0 Å². The number of halogens is 3. The summed E-state index contributed by atoms with van der Waals surface area (Å²) in [6, 6.07) is 4.58. The summed E-state index contributed by atoms with van der Waals surface area (Å²) in [6.07, 6.45) is -4.39. The number of benzene rings is 1. The average molecular weight is 394 g/mol. The van der Waals surface area contributed by atoms with Gasteiger partial charge in [-0.25, -0.2) is 9.67 Å². The molecule has 0 radical (unpaired) electrons. The van der Waals surface area contributed by atoms with Gasteiger partial charge in [-0.3, -0.25) is 0 Å². The van der Waals surface area contributed by atoms with Crippen LogP contribution in [0.5, 0.6) is 5.88 Å². The zero-order chi connectivity index (χ0) is 20.6. The molecule has 2 atom stereocenters. The van der Waals surface area contributed by atoms with Crippen molar-refractivity contribution < 1.29 is 23.0 Å². The van der Waals surface area contributed by atoms with Crippen molar-refractivity contribution in [2.45, 2.75) is 38.9 Å². The third-order valence-electron chi connectivity index (χ3n) is 4.68. The monoisotopic (exact) mass is 394 g/mol. The number of alkyl halides is 3. The number of hydrogen-bond acceptors (Lipinski definition) is 5. The quantitative estimate of drug-likeness (QED) is 0.711. The predicted octanol–water partition coefficient (Wildman–Crippen LogP) is 3.87. The highest BCUT2D eigenvalue weighted by Crippen LogP contribution is 2.34. The molecule has 0 spiro atoms. The van der Waals surface area contributed by atoms with Crippen molar-refractivity contribution in [2.75, 3.05) is 13.7 Å². The topological polar surface area (TPSA) is 73.1 Å². The molecule has 28 heavy (non-hydrogen) atoms. The van der Waals surface area contributed by atoms with E-state index in [2.05, 4.69) is 15.1 Å². The third-order valence-corrected chi connectivity index (χ3v) is 4.68. The van der Waals surface area contributed by atoms with Crippen LogP contribution in [0, 0.1) is 6.92 Å². The van der Waals surface area contributed by atoms with Gasteiger partial charge in [-0.1, -0.05) is 19.1 Å². The minimum absolute atomic E-state index is 0.127. The van der Waals surface area contributed by atoms with E-state index in [9.17, 15) is 18.3 Å². The molecule has 2 aromatic heterocycles. The maximum atomic E-state index is 12.8. The number of hydrogen-bond donors (Lipinski definition) is 1. The predicted molar refractivity (Wildman–Crippen MR) is 97.4 cm³/mol. The van der Waals surface area contributed by atoms with E-state index in [0.29, 0.717) is 34.0 Å². The fraction of sp³-hybridized carbons (Fsp3) is 0.421. The molecular weight excluding hydrogens is 373 g/mol. The molecule has 6 nitrogen and oxygen atoms in total. The molecule has 0 aliphatic heterocycles. The molecule has 0 saturated heterocycles. The van der Waals surface area contributed by atoms with Gasteiger partial charge in [0.05, 0.1) is 31.0 Å². The van der Waals surface area contributed by atoms with Gasteiger partial charge in [0, 0.05) is 5.92 Å². The van der Waals surface area contributed by atoms with Gasteiger partial charge in [0.1, 0.15) is 11.2 Å². The molecule has 0 saturated carbocycles. The van der Waals surface area contributed by atoms with Crippen LogP contribution in [0.2, 0.25) is 0 Å². The Morgan fingerprint density at radius 2 is 1.79 bits per heavy atom. The Morgan fingerprint density at radius 3 is 2.32 bits per heavy atom. The van der Waals surface area contributed by atoms with E-state index in [1.54, 1.807) is 11.6 Å². The first-order chi connectivity index (χ1) is 13.2. The maximum absolute atomic E-state index is 12.8. The highest BCUT2D eigenvalue weighted by Gasteiger charge is 2.30. The zero-order valence-corrected chi connectivity index (χ0v) is 15.9. The highest BCUT2D eigenvalue weighted by atomic mass is 19.4. The molecule has 1 N–H and O–H groups in total. The Morgan fingerprint density at radius 1 is 1.14 bits per heavy atom. The Kier molecular flexibility index (Phi) is 5.29. The van der Waals surface area contributed by atoms with Crippen LogP contribution in [0.3, 0.4) is 0 Å². The van der Waals surface area contributed by atoms with E-state index in [1.165, 1.54) is 19.2 Å². The van der Waals surface area contributed by atoms with Gasteiger partial charge in [-0.15, -0.1) is 0 Å². The summed E-state index contributed by atoms with van der Waals surface area (Å²) in [6.45, 7) is 5.23. The minimum atomic E-state index is -4.39. The van der Waals surface area contributed by atoms with Crippen molar-refractivity contribution in [1.29, 1.82) is 0 Å². The van der Waals surface area contributed by atoms with Crippen LogP contribution in [0.4, 0.5) is 13.2 Å². The first kappa shape index (κ1) is 20.1. The fourth-order valence-corrected chi connectivity index (χ4v) is 3.08. The lowest BCUT2D eigenvalue weighted by Gasteiger charge is -2.15. The van der Waals surface area contributed by atoms with Gasteiger partial charge in [-0.2, -0.15) is 23.3 Å². The lowest BCUT2D eigenvalue weighted by atomic mass is 10.1. The van der Waals surface area contributed by atoms with Gasteiger partial charge in [0.2, 0.25) is 5.88 Å². The number of ether oxygens (including phenoxy) is 1. The third kappa shape index (κ3) is 3.54. The molecule has 3 aromatic rings. The van der Waals surface area contributed by atoms with Crippen molar-refractivity contribution in [3.8, 4) is 5.88 Å². The SMILES string of the molecule is COc1nc(C)nc2c1c(C(C)CO)nn2C(C)c1ccc(C(F)(F)F)cc1. The molecule has 3 rings (SSSR count). The minimum Gasteiger partial charge on any atom is -0.480 e. The highest BCUT2D eigenvalue weighted by molar-refractivity contribution is 5.84. The van der Waals surface area contributed by atoms with Gasteiger partial charge in [0.25, 0.3) is 0 Å². The molecule has 0 aliphatic rings. The molecular formula is C19H21F3N4O2. The first-order valence-electron chi connectivity index (χ1n) is 8.76. The Hall–Kier alpha value is -2.68. The molecule has 2 heterocycles. The molecule has 0 amide bonds. The van der Waals surface area contributed by atoms with Crippen molar-refractivity contribution in [1.82, 2.24) is 19.7 Å². The molecule has 0 fully saturated rings. The Bertz CT molecular complexity index is 983. The van der Waals surface area contributed by atoms with Gasteiger partial charge in [0.15, 0.2) is 5.65 Å². The van der Waals surface area contributed by atoms with E-state index in [-0.39, 0.29) is 18.6 Å². The second-order valence-electron chi connectivity index (χ2n) is 6.69. The molecule has 2 unspecified atom stereocenters. The Balaban J connectivity index is 2.15. The zero-order valence-electron chi connectivity index (χ0n) is 15.9. The summed E-state index contributed by atoms with van der Waals surface area (Å²) < 4.78 is 45.5. The van der Waals surface area contributed by atoms with Gasteiger partial charge in [-0.05, 0) is 31.5 Å². The van der Waals surface area contributed by atoms with Gasteiger partial charge < -0.3 is 9.84 Å². The second-order valence-corrected chi connectivity index (χ2v) is 6.69. The number of aliphatic hydroxyl groups excluding tert-OH is 1. The molecule has 0 bridgehead atoms. The van der Waals surface area contributed by atoms with Crippen molar-refractivity contribution in [3.05, 3.63) is 46.9 Å². The van der Waals surface area contributed by atoms with E-state index < -0.39 is 11.7 Å². The summed E-state index contributed by atoms with van der Waals surface area (Å²) in [4.78, 5) is 8.76. The van der Waals surface area contributed by atoms with Crippen molar-refractivity contribution >= 4 is 11.0 Å². The molecule has 9 heteroatoms. The van der Waals surface area contributed by atoms with Crippen LogP contribution in [-0.4, -0.2) is 38.6 Å². The standard InChI is InChI=1S/C19H21F3N4O2/c1-10(9-27)16-15-17(23-12(3)24-18(15)28-4)26(25-16)11(2)13-5-7-14(8-6-13)19(20,21)22/h5-8,10-11,27H,9H2,1-4H3. The summed E-state index contributed by atoms with van der Waals surface area (Å²) in [5.74, 6) is 0.542. The maximum Gasteiger partial charge on any atom is 0.416 e. The fourth-order valence-electron chi connectivity index (χ4n) is 3.08. The number of aryl methyl sites for hydroxylation is 1. The van der Waals surface area contributed by atoms with Crippen LogP contribution in [-0.2, 0) is 6.18 Å². The van der Waals surface area contributed by atoms with Crippen LogP contribution in [0.25, 0.3) is 11.0 Å². The number of nitrogens with zero attached hydrogens (tertiary/aromatic N) is 4. The molecule has 150 valence electrons. The number of aromatic nitrogens is 4. The number of methoxy groups -OCH3 is 1. The molecule has 0 aliphatic carbocycles. The largest absolute Gasteiger partial charge is 0.480 e. The summed E-state index contributed by atoms with van der Waals surface area (Å²) in [7, 11) is 1.49. The normalized spacial score (nSPS) is 14.3. The lowest BCUT2D eigenvalue weighted by Crippen LogP contribution is -2.11. The second kappa shape index (κ2) is 7.38. The number of rotatable bonds is 5. The summed E-state index contributed by atoms with van der Waals surface area (Å²) in [5, 5.41) is 14.8.